The third-order valence-corrected chi connectivity index (χ3v) is 4.89. The first-order valence-corrected chi connectivity index (χ1v) is 9.61. The van der Waals surface area contributed by atoms with Crippen molar-refractivity contribution >= 4 is 40.8 Å². The summed E-state index contributed by atoms with van der Waals surface area (Å²) >= 11 is 0.365. The van der Waals surface area contributed by atoms with Crippen LogP contribution in [0.5, 0.6) is 0 Å². The third-order valence-electron chi connectivity index (χ3n) is 4.12. The van der Waals surface area contributed by atoms with Crippen LogP contribution in [0, 0.1) is 5.92 Å². The molecule has 0 aromatic carbocycles. The molecule has 2 aromatic heterocycles. The number of alkyl halides is 2. The molecular formula is C19H18F2N4O2S. The third kappa shape index (κ3) is 4.94. The normalized spacial score (nSPS) is 13.1. The van der Waals surface area contributed by atoms with Crippen molar-refractivity contribution in [2.75, 3.05) is 10.6 Å². The van der Waals surface area contributed by atoms with Crippen LogP contribution in [-0.2, 0) is 4.79 Å². The molecule has 0 bridgehead atoms. The van der Waals surface area contributed by atoms with Crippen LogP contribution in [0.15, 0.2) is 41.2 Å². The number of pyridine rings is 2. The van der Waals surface area contributed by atoms with Gasteiger partial charge < -0.3 is 10.6 Å². The Bertz CT molecular complexity index is 928. The monoisotopic (exact) mass is 404 g/mol. The topological polar surface area (TPSA) is 84.0 Å². The molecule has 0 atom stereocenters. The first-order valence-electron chi connectivity index (χ1n) is 8.74. The summed E-state index contributed by atoms with van der Waals surface area (Å²) in [5.74, 6) is -0.148. The van der Waals surface area contributed by atoms with Crippen LogP contribution in [0.2, 0.25) is 0 Å². The van der Waals surface area contributed by atoms with Crippen LogP contribution in [0.3, 0.4) is 0 Å². The van der Waals surface area contributed by atoms with Crippen LogP contribution in [0.25, 0.3) is 0 Å². The SMILES string of the molecule is CCC(=O)c1cnc(NC(=C=O)C2CC2)cc1Nc1ncccc1SC(F)F. The summed E-state index contributed by atoms with van der Waals surface area (Å²) in [7, 11) is 0. The molecule has 0 amide bonds. The average Bonchev–Trinajstić information content (AvgIpc) is 3.52. The minimum atomic E-state index is -2.60. The summed E-state index contributed by atoms with van der Waals surface area (Å²) in [6.45, 7) is 1.72. The maximum atomic E-state index is 12.8. The van der Waals surface area contributed by atoms with E-state index in [1.807, 2.05) is 5.94 Å². The number of ketones is 1. The Hall–Kier alpha value is -2.77. The summed E-state index contributed by atoms with van der Waals surface area (Å²) in [5.41, 5.74) is 1.11. The highest BCUT2D eigenvalue weighted by atomic mass is 32.2. The zero-order valence-electron chi connectivity index (χ0n) is 15.0. The summed E-state index contributed by atoms with van der Waals surface area (Å²) in [5, 5.41) is 5.90. The van der Waals surface area contributed by atoms with Crippen LogP contribution in [0.1, 0.15) is 36.5 Å². The van der Waals surface area contributed by atoms with Crippen molar-refractivity contribution in [1.82, 2.24) is 9.97 Å². The quantitative estimate of drug-likeness (QED) is 0.357. The summed E-state index contributed by atoms with van der Waals surface area (Å²) < 4.78 is 25.6. The van der Waals surface area contributed by atoms with E-state index in [1.165, 1.54) is 18.5 Å². The van der Waals surface area contributed by atoms with Gasteiger partial charge in [0.25, 0.3) is 5.76 Å². The van der Waals surface area contributed by atoms with Crippen LogP contribution >= 0.6 is 11.8 Å². The maximum absolute atomic E-state index is 12.8. The van der Waals surface area contributed by atoms with Gasteiger partial charge in [0.2, 0.25) is 0 Å². The van der Waals surface area contributed by atoms with Gasteiger partial charge in [-0.3, -0.25) is 4.79 Å². The number of rotatable bonds is 9. The number of hydrogen-bond acceptors (Lipinski definition) is 7. The molecule has 0 saturated heterocycles. The predicted octanol–water partition coefficient (Wildman–Crippen LogP) is 4.67. The summed E-state index contributed by atoms with van der Waals surface area (Å²) in [6, 6.07) is 4.65. The number of nitrogens with zero attached hydrogens (tertiary/aromatic N) is 2. The van der Waals surface area contributed by atoms with Crippen molar-refractivity contribution in [3.05, 3.63) is 41.9 Å². The molecule has 146 valence electrons. The van der Waals surface area contributed by atoms with Crippen LogP contribution in [-0.4, -0.2) is 27.5 Å². The largest absolute Gasteiger partial charge is 0.339 e. The van der Waals surface area contributed by atoms with E-state index < -0.39 is 5.76 Å². The number of nitrogens with one attached hydrogen (secondary N) is 2. The summed E-state index contributed by atoms with van der Waals surface area (Å²) in [6.07, 6.45) is 4.95. The molecule has 28 heavy (non-hydrogen) atoms. The number of halogens is 2. The van der Waals surface area contributed by atoms with Gasteiger partial charge in [-0.05, 0) is 25.0 Å². The minimum absolute atomic E-state index is 0.150. The molecule has 0 aliphatic heterocycles. The Morgan fingerprint density at radius 3 is 2.82 bits per heavy atom. The molecule has 2 N–H and O–H groups in total. The second-order valence-corrected chi connectivity index (χ2v) is 7.19. The Morgan fingerprint density at radius 1 is 1.39 bits per heavy atom. The van der Waals surface area contributed by atoms with Crippen molar-refractivity contribution in [2.24, 2.45) is 5.92 Å². The molecule has 1 aliphatic rings. The van der Waals surface area contributed by atoms with Gasteiger partial charge in [0.15, 0.2) is 5.78 Å². The number of hydrogen-bond donors (Lipinski definition) is 2. The van der Waals surface area contributed by atoms with E-state index >= 15 is 0 Å². The van der Waals surface area contributed by atoms with Crippen LogP contribution in [0.4, 0.5) is 26.1 Å². The molecule has 0 unspecified atom stereocenters. The first-order chi connectivity index (χ1) is 13.5. The number of anilines is 3. The van der Waals surface area contributed by atoms with Crippen molar-refractivity contribution in [3.63, 3.8) is 0 Å². The lowest BCUT2D eigenvalue weighted by molar-refractivity contribution is 0.0988. The second-order valence-electron chi connectivity index (χ2n) is 6.16. The molecular weight excluding hydrogens is 386 g/mol. The van der Waals surface area contributed by atoms with Crippen molar-refractivity contribution in [3.8, 4) is 0 Å². The number of aromatic nitrogens is 2. The Kier molecular flexibility index (Phi) is 6.38. The number of allylic oxidation sites excluding steroid dienone is 1. The van der Waals surface area contributed by atoms with E-state index in [0.717, 1.165) is 12.8 Å². The molecule has 0 radical (unpaired) electrons. The lowest BCUT2D eigenvalue weighted by Gasteiger charge is -2.15. The van der Waals surface area contributed by atoms with Gasteiger partial charge in [0.1, 0.15) is 23.3 Å². The fourth-order valence-corrected chi connectivity index (χ4v) is 3.13. The number of carbonyl (C=O) groups is 1. The van der Waals surface area contributed by atoms with E-state index in [9.17, 15) is 18.4 Å². The van der Waals surface area contributed by atoms with Gasteiger partial charge in [-0.15, -0.1) is 0 Å². The number of carbonyl (C=O) groups excluding carboxylic acids is 2. The van der Waals surface area contributed by atoms with Crippen LogP contribution < -0.4 is 10.6 Å². The lowest BCUT2D eigenvalue weighted by atomic mass is 10.1. The molecule has 6 nitrogen and oxygen atoms in total. The Labute approximate surface area is 164 Å². The van der Waals surface area contributed by atoms with Crippen molar-refractivity contribution < 1.29 is 18.4 Å². The van der Waals surface area contributed by atoms with Gasteiger partial charge in [-0.1, -0.05) is 18.7 Å². The highest BCUT2D eigenvalue weighted by molar-refractivity contribution is 7.99. The van der Waals surface area contributed by atoms with E-state index in [1.54, 1.807) is 19.1 Å². The predicted molar refractivity (Wildman–Crippen MR) is 104 cm³/mol. The minimum Gasteiger partial charge on any atom is -0.339 e. The lowest BCUT2D eigenvalue weighted by Crippen LogP contribution is -2.09. The zero-order chi connectivity index (χ0) is 20.1. The van der Waals surface area contributed by atoms with Gasteiger partial charge in [-0.25, -0.2) is 14.8 Å². The molecule has 1 saturated carbocycles. The molecule has 0 spiro atoms. The van der Waals surface area contributed by atoms with Crippen molar-refractivity contribution in [2.45, 2.75) is 36.8 Å². The van der Waals surface area contributed by atoms with Gasteiger partial charge >= 0.3 is 0 Å². The Balaban J connectivity index is 1.94. The molecule has 2 heterocycles. The fourth-order valence-electron chi connectivity index (χ4n) is 2.56. The number of Topliss-reactive ketones (excluding diaryl/α,β-unsaturated/α-hetero) is 1. The smallest absolute Gasteiger partial charge is 0.289 e. The van der Waals surface area contributed by atoms with E-state index in [4.69, 9.17) is 0 Å². The summed E-state index contributed by atoms with van der Waals surface area (Å²) in [4.78, 5) is 32.0. The molecule has 9 heteroatoms. The molecule has 1 aliphatic carbocycles. The van der Waals surface area contributed by atoms with Gasteiger partial charge in [0, 0.05) is 30.8 Å². The number of thioether (sulfide) groups is 1. The van der Waals surface area contributed by atoms with E-state index in [-0.39, 0.29) is 28.8 Å². The van der Waals surface area contributed by atoms with E-state index in [2.05, 4.69) is 20.6 Å². The van der Waals surface area contributed by atoms with Gasteiger partial charge in [-0.2, -0.15) is 8.78 Å². The molecule has 3 rings (SSSR count). The second kappa shape index (κ2) is 8.95. The first kappa shape index (κ1) is 20.0. The van der Waals surface area contributed by atoms with Crippen molar-refractivity contribution in [1.29, 1.82) is 0 Å². The maximum Gasteiger partial charge on any atom is 0.289 e. The zero-order valence-corrected chi connectivity index (χ0v) is 15.9. The highest BCUT2D eigenvalue weighted by Crippen LogP contribution is 2.36. The van der Waals surface area contributed by atoms with E-state index in [0.29, 0.717) is 34.5 Å². The molecule has 2 aromatic rings. The van der Waals surface area contributed by atoms with Gasteiger partial charge in [0.05, 0.1) is 16.1 Å². The highest BCUT2D eigenvalue weighted by Gasteiger charge is 2.28. The fraction of sp³-hybridized carbons (Fsp3) is 0.316. The Morgan fingerprint density at radius 2 is 2.18 bits per heavy atom. The standard InChI is InChI=1S/C19H18F2N4O2S/c1-2-15(27)12-9-23-17(24-14(10-26)11-5-6-11)8-13(12)25-18-16(28-19(20)21)4-3-7-22-18/h3-4,7-9,11,19H,2,5-6H2,1H3,(H2,22,23,24,25). The average molecular weight is 404 g/mol. The molecule has 1 fully saturated rings.